The van der Waals surface area contributed by atoms with Crippen molar-refractivity contribution in [3.63, 3.8) is 0 Å². The van der Waals surface area contributed by atoms with Crippen LogP contribution >= 0.6 is 0 Å². The van der Waals surface area contributed by atoms with Gasteiger partial charge in [0.2, 0.25) is 0 Å². The van der Waals surface area contributed by atoms with Gasteiger partial charge in [-0.05, 0) is 47.7 Å². The fraction of sp³-hybridized carbons (Fsp3) is 0.294. The van der Waals surface area contributed by atoms with Gasteiger partial charge in [-0.25, -0.2) is 0 Å². The van der Waals surface area contributed by atoms with Gasteiger partial charge >= 0.3 is 0 Å². The summed E-state index contributed by atoms with van der Waals surface area (Å²) in [5.41, 5.74) is 5.60. The van der Waals surface area contributed by atoms with Crippen molar-refractivity contribution in [2.24, 2.45) is 0 Å². The predicted molar refractivity (Wildman–Crippen MR) is 75.5 cm³/mol. The molecule has 0 spiro atoms. The van der Waals surface area contributed by atoms with E-state index < -0.39 is 0 Å². The molecule has 96 valence electrons. The van der Waals surface area contributed by atoms with Gasteiger partial charge < -0.3 is 4.74 Å². The Morgan fingerprint density at radius 1 is 1.16 bits per heavy atom. The van der Waals surface area contributed by atoms with Crippen molar-refractivity contribution in [2.45, 2.75) is 24.9 Å². The zero-order valence-electron chi connectivity index (χ0n) is 11.2. The van der Waals surface area contributed by atoms with Gasteiger partial charge in [0.15, 0.2) is 0 Å². The number of nitrogens with one attached hydrogen (secondary N) is 1. The van der Waals surface area contributed by atoms with Gasteiger partial charge in [-0.3, -0.25) is 5.32 Å². The molecular weight excluding hydrogens is 234 g/mol. The van der Waals surface area contributed by atoms with E-state index in [2.05, 4.69) is 54.7 Å². The second-order valence-electron chi connectivity index (χ2n) is 5.64. The van der Waals surface area contributed by atoms with Crippen molar-refractivity contribution in [3.05, 3.63) is 64.7 Å². The maximum Gasteiger partial charge on any atom is 0.119 e. The van der Waals surface area contributed by atoms with E-state index in [4.69, 9.17) is 4.74 Å². The van der Waals surface area contributed by atoms with Crippen molar-refractivity contribution in [3.8, 4) is 5.75 Å². The minimum absolute atomic E-state index is 0.0544. The summed E-state index contributed by atoms with van der Waals surface area (Å²) in [6.45, 7) is 2.29. The molecule has 2 heterocycles. The van der Waals surface area contributed by atoms with Crippen LogP contribution in [0.3, 0.4) is 0 Å². The fourth-order valence-electron chi connectivity index (χ4n) is 3.71. The Morgan fingerprint density at radius 3 is 2.84 bits per heavy atom. The Hall–Kier alpha value is -1.80. The maximum absolute atomic E-state index is 5.37. The smallest absolute Gasteiger partial charge is 0.119 e. The average Bonchev–Trinajstić information content (AvgIpc) is 2.68. The van der Waals surface area contributed by atoms with E-state index >= 15 is 0 Å². The first-order chi connectivity index (χ1) is 9.22. The second-order valence-corrected chi connectivity index (χ2v) is 5.64. The van der Waals surface area contributed by atoms with Crippen molar-refractivity contribution < 1.29 is 4.74 Å². The van der Waals surface area contributed by atoms with Crippen LogP contribution in [0.5, 0.6) is 5.75 Å². The van der Waals surface area contributed by atoms with Gasteiger partial charge in [-0.1, -0.05) is 30.3 Å². The molecule has 2 bridgehead atoms. The zero-order chi connectivity index (χ0) is 13.0. The highest BCUT2D eigenvalue weighted by atomic mass is 16.5. The van der Waals surface area contributed by atoms with E-state index in [1.807, 2.05) is 0 Å². The summed E-state index contributed by atoms with van der Waals surface area (Å²) in [4.78, 5) is 0. The second kappa shape index (κ2) is 3.61. The highest BCUT2D eigenvalue weighted by Gasteiger charge is 2.45. The largest absolute Gasteiger partial charge is 0.497 e. The summed E-state index contributed by atoms with van der Waals surface area (Å²) in [6, 6.07) is 15.6. The third-order valence-corrected chi connectivity index (χ3v) is 4.62. The van der Waals surface area contributed by atoms with Gasteiger partial charge in [0.25, 0.3) is 0 Å². The molecule has 4 rings (SSSR count). The molecule has 0 unspecified atom stereocenters. The molecule has 2 nitrogen and oxygen atoms in total. The molecule has 0 radical (unpaired) electrons. The summed E-state index contributed by atoms with van der Waals surface area (Å²) >= 11 is 0. The first-order valence-electron chi connectivity index (χ1n) is 6.77. The molecule has 2 aliphatic rings. The molecule has 0 saturated carbocycles. The highest BCUT2D eigenvalue weighted by Crippen LogP contribution is 2.48. The average molecular weight is 251 g/mol. The zero-order valence-corrected chi connectivity index (χ0v) is 11.2. The lowest BCUT2D eigenvalue weighted by molar-refractivity contribution is 0.388. The number of hydrogen-bond donors (Lipinski definition) is 1. The van der Waals surface area contributed by atoms with Crippen LogP contribution in [0.25, 0.3) is 0 Å². The predicted octanol–water partition coefficient (Wildman–Crippen LogP) is 3.16. The molecule has 19 heavy (non-hydrogen) atoms. The van der Waals surface area contributed by atoms with Crippen LogP contribution in [0.2, 0.25) is 0 Å². The molecular formula is C17H17NO. The number of fused-ring (bicyclic) bond motifs is 7. The normalized spacial score (nSPS) is 26.7. The highest BCUT2D eigenvalue weighted by molar-refractivity contribution is 5.56. The van der Waals surface area contributed by atoms with Crippen LogP contribution in [-0.4, -0.2) is 7.11 Å². The SMILES string of the molecule is COc1ccc2c(c1)[C@H]1Cc3ccccc3[C@@]2(C)N1. The fourth-order valence-corrected chi connectivity index (χ4v) is 3.71. The monoisotopic (exact) mass is 251 g/mol. The Kier molecular flexibility index (Phi) is 2.10. The van der Waals surface area contributed by atoms with E-state index in [1.165, 1.54) is 22.3 Å². The molecule has 2 aromatic rings. The molecule has 2 aromatic carbocycles. The van der Waals surface area contributed by atoms with Crippen LogP contribution in [0.4, 0.5) is 0 Å². The van der Waals surface area contributed by atoms with E-state index in [1.54, 1.807) is 7.11 Å². The van der Waals surface area contributed by atoms with Crippen LogP contribution in [-0.2, 0) is 12.0 Å². The summed E-state index contributed by atoms with van der Waals surface area (Å²) in [5, 5.41) is 3.78. The summed E-state index contributed by atoms with van der Waals surface area (Å²) in [6.07, 6.45) is 1.06. The minimum atomic E-state index is -0.0544. The Bertz CT molecular complexity index is 664. The topological polar surface area (TPSA) is 21.3 Å². The van der Waals surface area contributed by atoms with Crippen molar-refractivity contribution >= 4 is 0 Å². The van der Waals surface area contributed by atoms with E-state index in [0.29, 0.717) is 6.04 Å². The first kappa shape index (κ1) is 11.1. The third-order valence-electron chi connectivity index (χ3n) is 4.62. The lowest BCUT2D eigenvalue weighted by Crippen LogP contribution is -2.41. The summed E-state index contributed by atoms with van der Waals surface area (Å²) < 4.78 is 5.37. The lowest BCUT2D eigenvalue weighted by Gasteiger charge is -2.34. The number of methoxy groups -OCH3 is 1. The van der Waals surface area contributed by atoms with Crippen LogP contribution in [0.1, 0.15) is 35.2 Å². The molecule has 0 saturated heterocycles. The number of rotatable bonds is 1. The van der Waals surface area contributed by atoms with Crippen LogP contribution in [0.15, 0.2) is 42.5 Å². The number of ether oxygens (including phenoxy) is 1. The Labute approximate surface area is 113 Å². The minimum Gasteiger partial charge on any atom is -0.497 e. The molecule has 2 atom stereocenters. The van der Waals surface area contributed by atoms with Crippen molar-refractivity contribution in [1.82, 2.24) is 5.32 Å². The molecule has 2 aliphatic heterocycles. The maximum atomic E-state index is 5.37. The van der Waals surface area contributed by atoms with Gasteiger partial charge in [0.05, 0.1) is 12.6 Å². The van der Waals surface area contributed by atoms with Crippen molar-refractivity contribution in [1.29, 1.82) is 0 Å². The van der Waals surface area contributed by atoms with E-state index in [0.717, 1.165) is 12.2 Å². The third kappa shape index (κ3) is 1.35. The quantitative estimate of drug-likeness (QED) is 0.840. The van der Waals surface area contributed by atoms with Gasteiger partial charge in [0, 0.05) is 6.04 Å². The Morgan fingerprint density at radius 2 is 2.00 bits per heavy atom. The molecule has 1 N–H and O–H groups in total. The molecule has 2 heteroatoms. The number of hydrogen-bond acceptors (Lipinski definition) is 2. The standard InChI is InChI=1S/C17H17NO/c1-17-14-6-4-3-5-11(14)9-16(18-17)13-10-12(19-2)7-8-15(13)17/h3-8,10,16,18H,9H2,1-2H3/t16-,17-/m1/s1. The summed E-state index contributed by atoms with van der Waals surface area (Å²) in [5.74, 6) is 0.945. The first-order valence-corrected chi connectivity index (χ1v) is 6.77. The molecule has 0 amide bonds. The van der Waals surface area contributed by atoms with Crippen molar-refractivity contribution in [2.75, 3.05) is 7.11 Å². The van der Waals surface area contributed by atoms with Gasteiger partial charge in [-0.15, -0.1) is 0 Å². The molecule has 0 aliphatic carbocycles. The lowest BCUT2D eigenvalue weighted by atomic mass is 9.82. The van der Waals surface area contributed by atoms with E-state index in [9.17, 15) is 0 Å². The van der Waals surface area contributed by atoms with E-state index in [-0.39, 0.29) is 5.54 Å². The Balaban J connectivity index is 1.97. The van der Waals surface area contributed by atoms with Crippen LogP contribution in [0, 0.1) is 0 Å². The summed E-state index contributed by atoms with van der Waals surface area (Å²) in [7, 11) is 1.73. The van der Waals surface area contributed by atoms with Crippen LogP contribution < -0.4 is 10.1 Å². The van der Waals surface area contributed by atoms with Gasteiger partial charge in [-0.2, -0.15) is 0 Å². The molecule has 0 aromatic heterocycles. The number of benzene rings is 2. The molecule has 0 fully saturated rings. The van der Waals surface area contributed by atoms with Gasteiger partial charge in [0.1, 0.15) is 5.75 Å².